The molecule has 0 aliphatic carbocycles. The van der Waals surface area contributed by atoms with Gasteiger partial charge in [0, 0.05) is 17.5 Å². The summed E-state index contributed by atoms with van der Waals surface area (Å²) < 4.78 is 6.97. The first-order valence-electron chi connectivity index (χ1n) is 7.08. The van der Waals surface area contributed by atoms with Crippen LogP contribution in [0.25, 0.3) is 0 Å². The number of nitrogens with one attached hydrogen (secondary N) is 1. The molecule has 5 heteroatoms. The molecule has 0 fully saturated rings. The van der Waals surface area contributed by atoms with E-state index in [4.69, 9.17) is 4.74 Å². The molecule has 1 heterocycles. The van der Waals surface area contributed by atoms with Gasteiger partial charge in [-0.3, -0.25) is 0 Å². The second kappa shape index (κ2) is 7.92. The lowest BCUT2D eigenvalue weighted by atomic mass is 10.2. The topological polar surface area (TPSA) is 34.1 Å². The van der Waals surface area contributed by atoms with Crippen molar-refractivity contribution in [3.63, 3.8) is 0 Å². The molecule has 0 saturated heterocycles. The van der Waals surface area contributed by atoms with Crippen molar-refractivity contribution in [3.8, 4) is 5.75 Å². The first-order valence-corrected chi connectivity index (χ1v) is 8.75. The van der Waals surface area contributed by atoms with Gasteiger partial charge in [0.2, 0.25) is 0 Å². The van der Waals surface area contributed by atoms with Gasteiger partial charge in [-0.25, -0.2) is 4.98 Å². The van der Waals surface area contributed by atoms with Crippen molar-refractivity contribution in [2.45, 2.75) is 33.9 Å². The highest BCUT2D eigenvalue weighted by molar-refractivity contribution is 9.10. The van der Waals surface area contributed by atoms with Crippen molar-refractivity contribution in [1.82, 2.24) is 10.3 Å². The second-order valence-corrected chi connectivity index (χ2v) is 7.32. The van der Waals surface area contributed by atoms with Gasteiger partial charge in [-0.1, -0.05) is 26.0 Å². The van der Waals surface area contributed by atoms with Crippen LogP contribution in [0.3, 0.4) is 0 Å². The Morgan fingerprint density at radius 1 is 1.38 bits per heavy atom. The van der Waals surface area contributed by atoms with Crippen LogP contribution >= 0.6 is 27.3 Å². The molecule has 21 heavy (non-hydrogen) atoms. The van der Waals surface area contributed by atoms with Crippen LogP contribution in [0.1, 0.15) is 30.1 Å². The van der Waals surface area contributed by atoms with Crippen LogP contribution in [-0.2, 0) is 13.2 Å². The lowest BCUT2D eigenvalue weighted by Crippen LogP contribution is -2.19. The molecular formula is C16H21BrN2OS. The largest absolute Gasteiger partial charge is 0.486 e. The summed E-state index contributed by atoms with van der Waals surface area (Å²) in [5.74, 6) is 1.54. The summed E-state index contributed by atoms with van der Waals surface area (Å²) in [4.78, 5) is 4.43. The standard InChI is InChI=1S/C16H21BrN2OS/c1-11(2)7-18-8-13-5-4-6-15(17)16(13)20-9-14-10-21-12(3)19-14/h4-6,10-11,18H,7-9H2,1-3H3. The first kappa shape index (κ1) is 16.5. The molecule has 0 spiro atoms. The molecule has 1 N–H and O–H groups in total. The fourth-order valence-corrected chi connectivity index (χ4v) is 3.09. The maximum atomic E-state index is 5.98. The number of aromatic nitrogens is 1. The number of halogens is 1. The van der Waals surface area contributed by atoms with Crippen molar-refractivity contribution in [3.05, 3.63) is 44.3 Å². The van der Waals surface area contributed by atoms with Gasteiger partial charge in [-0.05, 0) is 41.4 Å². The van der Waals surface area contributed by atoms with Crippen LogP contribution in [0.15, 0.2) is 28.1 Å². The van der Waals surface area contributed by atoms with Gasteiger partial charge in [-0.15, -0.1) is 11.3 Å². The van der Waals surface area contributed by atoms with E-state index in [-0.39, 0.29) is 0 Å². The average molecular weight is 369 g/mol. The Morgan fingerprint density at radius 2 is 2.19 bits per heavy atom. The minimum absolute atomic E-state index is 0.504. The zero-order chi connectivity index (χ0) is 15.2. The highest BCUT2D eigenvalue weighted by Crippen LogP contribution is 2.30. The maximum Gasteiger partial charge on any atom is 0.138 e. The Labute approximate surface area is 138 Å². The lowest BCUT2D eigenvalue weighted by molar-refractivity contribution is 0.296. The van der Waals surface area contributed by atoms with E-state index in [2.05, 4.69) is 46.1 Å². The minimum Gasteiger partial charge on any atom is -0.486 e. The lowest BCUT2D eigenvalue weighted by Gasteiger charge is -2.14. The van der Waals surface area contributed by atoms with Gasteiger partial charge < -0.3 is 10.1 Å². The number of rotatable bonds is 7. The highest BCUT2D eigenvalue weighted by Gasteiger charge is 2.09. The fourth-order valence-electron chi connectivity index (χ4n) is 1.97. The normalized spacial score (nSPS) is 11.1. The Bertz CT molecular complexity index is 583. The van der Waals surface area contributed by atoms with Gasteiger partial charge in [0.05, 0.1) is 15.2 Å². The third-order valence-corrected chi connectivity index (χ3v) is 4.39. The monoisotopic (exact) mass is 368 g/mol. The van der Waals surface area contributed by atoms with Gasteiger partial charge in [0.1, 0.15) is 12.4 Å². The molecule has 0 aliphatic rings. The van der Waals surface area contributed by atoms with E-state index < -0.39 is 0 Å². The van der Waals surface area contributed by atoms with E-state index in [0.29, 0.717) is 12.5 Å². The van der Waals surface area contributed by atoms with E-state index >= 15 is 0 Å². The van der Waals surface area contributed by atoms with Gasteiger partial charge >= 0.3 is 0 Å². The Hall–Kier alpha value is -0.910. The summed E-state index contributed by atoms with van der Waals surface area (Å²) in [6.07, 6.45) is 0. The van der Waals surface area contributed by atoms with Crippen molar-refractivity contribution in [2.24, 2.45) is 5.92 Å². The predicted molar refractivity (Wildman–Crippen MR) is 91.9 cm³/mol. The number of aryl methyl sites for hydroxylation is 1. The van der Waals surface area contributed by atoms with E-state index in [1.807, 2.05) is 24.4 Å². The number of benzene rings is 1. The van der Waals surface area contributed by atoms with Crippen molar-refractivity contribution >= 4 is 27.3 Å². The molecule has 0 saturated carbocycles. The quantitative estimate of drug-likeness (QED) is 0.778. The van der Waals surface area contributed by atoms with Crippen LogP contribution < -0.4 is 10.1 Å². The fraction of sp³-hybridized carbons (Fsp3) is 0.438. The summed E-state index contributed by atoms with van der Waals surface area (Å²) >= 11 is 5.23. The Balaban J connectivity index is 2.02. The molecule has 114 valence electrons. The predicted octanol–water partition coefficient (Wildman–Crippen LogP) is 4.54. The Morgan fingerprint density at radius 3 is 2.86 bits per heavy atom. The summed E-state index contributed by atoms with van der Waals surface area (Å²) in [5, 5.41) is 6.57. The van der Waals surface area contributed by atoms with E-state index in [1.54, 1.807) is 11.3 Å². The number of nitrogens with zero attached hydrogens (tertiary/aromatic N) is 1. The summed E-state index contributed by atoms with van der Waals surface area (Å²) in [5.41, 5.74) is 2.14. The third kappa shape index (κ3) is 5.09. The number of ether oxygens (including phenoxy) is 1. The SMILES string of the molecule is Cc1nc(COc2c(Br)cccc2CNCC(C)C)cs1. The van der Waals surface area contributed by atoms with Crippen molar-refractivity contribution in [1.29, 1.82) is 0 Å². The average Bonchev–Trinajstić information content (AvgIpc) is 2.83. The molecule has 0 radical (unpaired) electrons. The molecule has 0 amide bonds. The van der Waals surface area contributed by atoms with Crippen LogP contribution in [0.5, 0.6) is 5.75 Å². The van der Waals surface area contributed by atoms with Gasteiger partial charge in [-0.2, -0.15) is 0 Å². The number of hydrogen-bond donors (Lipinski definition) is 1. The zero-order valence-corrected chi connectivity index (χ0v) is 15.1. The van der Waals surface area contributed by atoms with Gasteiger partial charge in [0.15, 0.2) is 0 Å². The molecule has 0 bridgehead atoms. The highest BCUT2D eigenvalue weighted by atomic mass is 79.9. The van der Waals surface area contributed by atoms with Crippen molar-refractivity contribution < 1.29 is 4.74 Å². The maximum absolute atomic E-state index is 5.98. The molecule has 0 atom stereocenters. The number of para-hydroxylation sites is 1. The molecule has 0 aliphatic heterocycles. The van der Waals surface area contributed by atoms with Crippen LogP contribution in [0.4, 0.5) is 0 Å². The van der Waals surface area contributed by atoms with Crippen molar-refractivity contribution in [2.75, 3.05) is 6.54 Å². The van der Waals surface area contributed by atoms with E-state index in [1.165, 1.54) is 0 Å². The van der Waals surface area contributed by atoms with Crippen LogP contribution in [-0.4, -0.2) is 11.5 Å². The summed E-state index contributed by atoms with van der Waals surface area (Å²) in [6.45, 7) is 8.73. The summed E-state index contributed by atoms with van der Waals surface area (Å²) in [6, 6.07) is 6.14. The number of thiazole rings is 1. The molecule has 2 rings (SSSR count). The van der Waals surface area contributed by atoms with E-state index in [0.717, 1.165) is 39.6 Å². The smallest absolute Gasteiger partial charge is 0.138 e. The Kier molecular flexibility index (Phi) is 6.21. The molecule has 2 aromatic rings. The molecule has 0 unspecified atom stereocenters. The number of hydrogen-bond acceptors (Lipinski definition) is 4. The second-order valence-electron chi connectivity index (χ2n) is 5.40. The molecule has 1 aromatic carbocycles. The van der Waals surface area contributed by atoms with Crippen LogP contribution in [0.2, 0.25) is 0 Å². The summed E-state index contributed by atoms with van der Waals surface area (Å²) in [7, 11) is 0. The van der Waals surface area contributed by atoms with Crippen LogP contribution in [0, 0.1) is 12.8 Å². The molecule has 3 nitrogen and oxygen atoms in total. The van der Waals surface area contributed by atoms with E-state index in [9.17, 15) is 0 Å². The van der Waals surface area contributed by atoms with Gasteiger partial charge in [0.25, 0.3) is 0 Å². The molecule has 1 aromatic heterocycles. The minimum atomic E-state index is 0.504. The molecular weight excluding hydrogens is 348 g/mol. The third-order valence-electron chi connectivity index (χ3n) is 2.95. The first-order chi connectivity index (χ1) is 10.1. The zero-order valence-electron chi connectivity index (χ0n) is 12.6.